The van der Waals surface area contributed by atoms with Crippen LogP contribution in [0.1, 0.15) is 12.7 Å². The number of furan rings is 1. The SMILES string of the molecule is COCCOCCNC(=O)NC(C)(C(=O)O)c1ccco1. The summed E-state index contributed by atoms with van der Waals surface area (Å²) in [7, 11) is 1.57. The van der Waals surface area contributed by atoms with Crippen molar-refractivity contribution >= 4 is 12.0 Å². The zero-order valence-electron chi connectivity index (χ0n) is 12.0. The van der Waals surface area contributed by atoms with Gasteiger partial charge in [0, 0.05) is 13.7 Å². The van der Waals surface area contributed by atoms with Crippen molar-refractivity contribution < 1.29 is 28.6 Å². The predicted molar refractivity (Wildman–Crippen MR) is 72.9 cm³/mol. The second-order valence-corrected chi connectivity index (χ2v) is 4.39. The highest BCUT2D eigenvalue weighted by Crippen LogP contribution is 2.21. The number of hydrogen-bond donors (Lipinski definition) is 3. The van der Waals surface area contributed by atoms with Gasteiger partial charge >= 0.3 is 12.0 Å². The molecule has 0 radical (unpaired) electrons. The van der Waals surface area contributed by atoms with Gasteiger partial charge in [-0.05, 0) is 19.1 Å². The Kier molecular flexibility index (Phi) is 6.70. The molecule has 1 heterocycles. The number of rotatable bonds is 9. The molecule has 1 aromatic heterocycles. The fourth-order valence-corrected chi connectivity index (χ4v) is 1.54. The Morgan fingerprint density at radius 3 is 2.71 bits per heavy atom. The third kappa shape index (κ3) is 5.09. The molecule has 0 aliphatic rings. The molecule has 0 aliphatic heterocycles. The summed E-state index contributed by atoms with van der Waals surface area (Å²) in [6.07, 6.45) is 1.35. The molecule has 0 aromatic carbocycles. The van der Waals surface area contributed by atoms with Crippen molar-refractivity contribution in [1.29, 1.82) is 0 Å². The van der Waals surface area contributed by atoms with E-state index in [1.165, 1.54) is 19.3 Å². The number of urea groups is 1. The molecule has 1 unspecified atom stereocenters. The van der Waals surface area contributed by atoms with Crippen LogP contribution in [0.25, 0.3) is 0 Å². The van der Waals surface area contributed by atoms with E-state index < -0.39 is 17.5 Å². The van der Waals surface area contributed by atoms with Crippen LogP contribution in [0.3, 0.4) is 0 Å². The normalized spacial score (nSPS) is 13.4. The standard InChI is InChI=1S/C13H20N2O6/c1-13(11(16)17,10-4-3-6-21-10)15-12(18)14-5-7-20-9-8-19-2/h3-4,6H,5,7-9H2,1-2H3,(H,16,17)(H2,14,15,18). The number of carbonyl (C=O) groups is 2. The summed E-state index contributed by atoms with van der Waals surface area (Å²) < 4.78 is 15.0. The van der Waals surface area contributed by atoms with Crippen LogP contribution < -0.4 is 10.6 Å². The van der Waals surface area contributed by atoms with E-state index in [0.717, 1.165) is 0 Å². The van der Waals surface area contributed by atoms with Crippen LogP contribution in [0.2, 0.25) is 0 Å². The molecule has 8 heteroatoms. The molecular formula is C13H20N2O6. The van der Waals surface area contributed by atoms with Crippen LogP contribution >= 0.6 is 0 Å². The number of carbonyl (C=O) groups excluding carboxylic acids is 1. The number of carboxylic acid groups (broad SMARTS) is 1. The molecule has 0 aliphatic carbocycles. The molecule has 0 fully saturated rings. The molecule has 2 amide bonds. The van der Waals surface area contributed by atoms with Gasteiger partial charge in [-0.3, -0.25) is 0 Å². The molecule has 0 spiro atoms. The van der Waals surface area contributed by atoms with Gasteiger partial charge in [-0.25, -0.2) is 9.59 Å². The number of carboxylic acids is 1. The van der Waals surface area contributed by atoms with Gasteiger partial charge in [-0.15, -0.1) is 0 Å². The maximum Gasteiger partial charge on any atom is 0.337 e. The Morgan fingerprint density at radius 2 is 2.14 bits per heavy atom. The fourth-order valence-electron chi connectivity index (χ4n) is 1.54. The van der Waals surface area contributed by atoms with Crippen molar-refractivity contribution in [2.45, 2.75) is 12.5 Å². The van der Waals surface area contributed by atoms with Gasteiger partial charge in [0.2, 0.25) is 0 Å². The first kappa shape index (κ1) is 17.0. The van der Waals surface area contributed by atoms with Crippen LogP contribution in [-0.4, -0.2) is 50.6 Å². The minimum atomic E-state index is -1.63. The molecule has 0 saturated carbocycles. The first-order valence-electron chi connectivity index (χ1n) is 6.40. The van der Waals surface area contributed by atoms with Gasteiger partial charge in [0.1, 0.15) is 5.76 Å². The van der Waals surface area contributed by atoms with Gasteiger partial charge in [0.25, 0.3) is 0 Å². The summed E-state index contributed by atoms with van der Waals surface area (Å²) in [5.41, 5.74) is -1.63. The van der Waals surface area contributed by atoms with Crippen molar-refractivity contribution in [3.63, 3.8) is 0 Å². The molecule has 0 bridgehead atoms. The van der Waals surface area contributed by atoms with Gasteiger partial charge in [0.15, 0.2) is 5.54 Å². The maximum atomic E-state index is 11.7. The number of aliphatic carboxylic acids is 1. The highest BCUT2D eigenvalue weighted by atomic mass is 16.5. The topological polar surface area (TPSA) is 110 Å². The lowest BCUT2D eigenvalue weighted by molar-refractivity contribution is -0.144. The van der Waals surface area contributed by atoms with Crippen LogP contribution in [-0.2, 0) is 19.8 Å². The molecule has 1 aromatic rings. The van der Waals surface area contributed by atoms with Crippen molar-refractivity contribution in [2.75, 3.05) is 33.5 Å². The summed E-state index contributed by atoms with van der Waals surface area (Å²) in [6.45, 7) is 2.81. The van der Waals surface area contributed by atoms with E-state index in [4.69, 9.17) is 13.9 Å². The second kappa shape index (κ2) is 8.28. The first-order chi connectivity index (χ1) is 10.0. The van der Waals surface area contributed by atoms with E-state index in [2.05, 4.69) is 10.6 Å². The lowest BCUT2D eigenvalue weighted by atomic mass is 9.99. The minimum absolute atomic E-state index is 0.140. The predicted octanol–water partition coefficient (Wildman–Crippen LogP) is 0.542. The third-order valence-electron chi connectivity index (χ3n) is 2.77. The average molecular weight is 300 g/mol. The molecule has 8 nitrogen and oxygen atoms in total. The van der Waals surface area contributed by atoms with Crippen molar-refractivity contribution in [3.05, 3.63) is 24.2 Å². The molecule has 1 rings (SSSR count). The largest absolute Gasteiger partial charge is 0.479 e. The fraction of sp³-hybridized carbons (Fsp3) is 0.538. The Hall–Kier alpha value is -2.06. The van der Waals surface area contributed by atoms with E-state index in [1.54, 1.807) is 13.2 Å². The molecular weight excluding hydrogens is 280 g/mol. The summed E-state index contributed by atoms with van der Waals surface area (Å²) in [6, 6.07) is 2.42. The highest BCUT2D eigenvalue weighted by Gasteiger charge is 2.39. The molecule has 3 N–H and O–H groups in total. The van der Waals surface area contributed by atoms with Crippen molar-refractivity contribution in [2.24, 2.45) is 0 Å². The summed E-state index contributed by atoms with van der Waals surface area (Å²) in [5, 5.41) is 14.2. The summed E-state index contributed by atoms with van der Waals surface area (Å²) >= 11 is 0. The van der Waals surface area contributed by atoms with Gasteiger partial charge in [-0.1, -0.05) is 0 Å². The van der Waals surface area contributed by atoms with Crippen molar-refractivity contribution in [1.82, 2.24) is 10.6 Å². The average Bonchev–Trinajstić information content (AvgIpc) is 2.97. The zero-order valence-corrected chi connectivity index (χ0v) is 12.0. The van der Waals surface area contributed by atoms with Gasteiger partial charge in [0.05, 0.1) is 26.1 Å². The van der Waals surface area contributed by atoms with E-state index in [0.29, 0.717) is 19.8 Å². The number of ether oxygens (including phenoxy) is 2. The van der Waals surface area contributed by atoms with E-state index in [9.17, 15) is 14.7 Å². The minimum Gasteiger partial charge on any atom is -0.479 e. The Bertz CT molecular complexity index is 448. The second-order valence-electron chi connectivity index (χ2n) is 4.39. The van der Waals surface area contributed by atoms with Gasteiger partial charge < -0.3 is 29.6 Å². The lowest BCUT2D eigenvalue weighted by Crippen LogP contribution is -2.53. The number of amides is 2. The number of nitrogens with one attached hydrogen (secondary N) is 2. The summed E-state index contributed by atoms with van der Waals surface area (Å²) in [4.78, 5) is 23.1. The van der Waals surface area contributed by atoms with Crippen LogP contribution in [0.4, 0.5) is 4.79 Å². The highest BCUT2D eigenvalue weighted by molar-refractivity contribution is 5.86. The van der Waals surface area contributed by atoms with Gasteiger partial charge in [-0.2, -0.15) is 0 Å². The molecule has 118 valence electrons. The number of hydrogen-bond acceptors (Lipinski definition) is 5. The van der Waals surface area contributed by atoms with E-state index in [1.807, 2.05) is 0 Å². The zero-order chi connectivity index (χ0) is 15.7. The molecule has 0 saturated heterocycles. The Labute approximate surface area is 122 Å². The third-order valence-corrected chi connectivity index (χ3v) is 2.77. The van der Waals surface area contributed by atoms with Crippen molar-refractivity contribution in [3.8, 4) is 0 Å². The monoisotopic (exact) mass is 300 g/mol. The molecule has 1 atom stereocenters. The van der Waals surface area contributed by atoms with E-state index in [-0.39, 0.29) is 12.3 Å². The lowest BCUT2D eigenvalue weighted by Gasteiger charge is -2.24. The van der Waals surface area contributed by atoms with E-state index >= 15 is 0 Å². The molecule has 21 heavy (non-hydrogen) atoms. The smallest absolute Gasteiger partial charge is 0.337 e. The Balaban J connectivity index is 2.42. The maximum absolute atomic E-state index is 11.7. The summed E-state index contributed by atoms with van der Waals surface area (Å²) in [5.74, 6) is -1.08. The van der Waals surface area contributed by atoms with Crippen LogP contribution in [0, 0.1) is 0 Å². The number of methoxy groups -OCH3 is 1. The van der Waals surface area contributed by atoms with Crippen LogP contribution in [0.5, 0.6) is 0 Å². The van der Waals surface area contributed by atoms with Crippen LogP contribution in [0.15, 0.2) is 22.8 Å². The Morgan fingerprint density at radius 1 is 1.38 bits per heavy atom. The quantitative estimate of drug-likeness (QED) is 0.574. The first-order valence-corrected chi connectivity index (χ1v) is 6.40.